The second kappa shape index (κ2) is 5.09. The molecule has 3 heteroatoms. The highest BCUT2D eigenvalue weighted by molar-refractivity contribution is 5.05. The standard InChI is InChI=1S/C14H25N3/c15-13-5-4-12(9-13)10-16-6-2-8-17-7-1-3-14(17)11-16/h4-5,12-14H,1-3,6-11,15H2. The van der Waals surface area contributed by atoms with E-state index in [9.17, 15) is 0 Å². The van der Waals surface area contributed by atoms with Crippen molar-refractivity contribution in [2.75, 3.05) is 32.7 Å². The monoisotopic (exact) mass is 235 g/mol. The molecule has 96 valence electrons. The van der Waals surface area contributed by atoms with E-state index in [1.54, 1.807) is 0 Å². The van der Waals surface area contributed by atoms with Gasteiger partial charge in [0.2, 0.25) is 0 Å². The quantitative estimate of drug-likeness (QED) is 0.727. The van der Waals surface area contributed by atoms with Gasteiger partial charge in [-0.3, -0.25) is 4.90 Å². The number of rotatable bonds is 2. The molecule has 0 aromatic carbocycles. The van der Waals surface area contributed by atoms with E-state index in [1.165, 1.54) is 52.0 Å². The summed E-state index contributed by atoms with van der Waals surface area (Å²) in [5.74, 6) is 0.706. The van der Waals surface area contributed by atoms with Crippen LogP contribution in [0, 0.1) is 5.92 Å². The first-order valence-corrected chi connectivity index (χ1v) is 7.21. The average Bonchev–Trinajstić information content (AvgIpc) is 2.85. The molecular weight excluding hydrogens is 210 g/mol. The van der Waals surface area contributed by atoms with E-state index in [-0.39, 0.29) is 0 Å². The molecule has 3 nitrogen and oxygen atoms in total. The highest BCUT2D eigenvalue weighted by Crippen LogP contribution is 2.23. The fourth-order valence-corrected chi connectivity index (χ4v) is 3.72. The summed E-state index contributed by atoms with van der Waals surface area (Å²) in [6, 6.07) is 1.16. The Morgan fingerprint density at radius 3 is 2.82 bits per heavy atom. The molecule has 0 spiro atoms. The Balaban J connectivity index is 1.54. The molecule has 2 fully saturated rings. The molecule has 2 aliphatic heterocycles. The van der Waals surface area contributed by atoms with Crippen molar-refractivity contribution in [2.24, 2.45) is 11.7 Å². The molecule has 2 heterocycles. The lowest BCUT2D eigenvalue weighted by Gasteiger charge is -2.27. The molecule has 0 amide bonds. The third-order valence-electron chi connectivity index (χ3n) is 4.59. The Morgan fingerprint density at radius 2 is 2.00 bits per heavy atom. The summed E-state index contributed by atoms with van der Waals surface area (Å²) in [5.41, 5.74) is 5.93. The molecule has 2 saturated heterocycles. The summed E-state index contributed by atoms with van der Waals surface area (Å²) >= 11 is 0. The van der Waals surface area contributed by atoms with Gasteiger partial charge in [-0.05, 0) is 51.2 Å². The number of hydrogen-bond acceptors (Lipinski definition) is 3. The molecule has 3 aliphatic rings. The van der Waals surface area contributed by atoms with Crippen molar-refractivity contribution >= 4 is 0 Å². The van der Waals surface area contributed by atoms with E-state index in [0.29, 0.717) is 12.0 Å². The van der Waals surface area contributed by atoms with Gasteiger partial charge in [-0.1, -0.05) is 12.2 Å². The third kappa shape index (κ3) is 2.72. The lowest BCUT2D eigenvalue weighted by molar-refractivity contribution is 0.206. The van der Waals surface area contributed by atoms with Crippen molar-refractivity contribution in [3.05, 3.63) is 12.2 Å². The number of nitrogens with zero attached hydrogens (tertiary/aromatic N) is 2. The Hall–Kier alpha value is -0.380. The zero-order valence-corrected chi connectivity index (χ0v) is 10.7. The van der Waals surface area contributed by atoms with Gasteiger partial charge >= 0.3 is 0 Å². The highest BCUT2D eigenvalue weighted by Gasteiger charge is 2.29. The van der Waals surface area contributed by atoms with Crippen LogP contribution < -0.4 is 5.73 Å². The van der Waals surface area contributed by atoms with Crippen LogP contribution in [0.1, 0.15) is 25.7 Å². The van der Waals surface area contributed by atoms with Crippen LogP contribution >= 0.6 is 0 Å². The van der Waals surface area contributed by atoms with Gasteiger partial charge in [0.05, 0.1) is 0 Å². The lowest BCUT2D eigenvalue weighted by Crippen LogP contribution is -2.38. The molecule has 0 saturated carbocycles. The van der Waals surface area contributed by atoms with Gasteiger partial charge in [-0.25, -0.2) is 0 Å². The lowest BCUT2D eigenvalue weighted by atomic mass is 10.1. The smallest absolute Gasteiger partial charge is 0.0229 e. The topological polar surface area (TPSA) is 32.5 Å². The molecule has 1 aliphatic carbocycles. The van der Waals surface area contributed by atoms with Crippen LogP contribution in [-0.2, 0) is 0 Å². The van der Waals surface area contributed by atoms with Gasteiger partial charge in [0, 0.05) is 25.2 Å². The summed E-state index contributed by atoms with van der Waals surface area (Å²) < 4.78 is 0. The number of nitrogens with two attached hydrogens (primary N) is 1. The molecule has 3 unspecified atom stereocenters. The summed E-state index contributed by atoms with van der Waals surface area (Å²) in [7, 11) is 0. The Kier molecular flexibility index (Phi) is 3.50. The summed E-state index contributed by atoms with van der Waals surface area (Å²) in [6.07, 6.45) is 9.85. The van der Waals surface area contributed by atoms with Crippen LogP contribution in [0.15, 0.2) is 12.2 Å². The Morgan fingerprint density at radius 1 is 1.12 bits per heavy atom. The minimum absolute atomic E-state index is 0.315. The van der Waals surface area contributed by atoms with E-state index in [0.717, 1.165) is 12.5 Å². The minimum atomic E-state index is 0.315. The predicted molar refractivity (Wildman–Crippen MR) is 70.9 cm³/mol. The van der Waals surface area contributed by atoms with Gasteiger partial charge in [-0.2, -0.15) is 0 Å². The maximum absolute atomic E-state index is 5.93. The molecule has 0 aromatic rings. The van der Waals surface area contributed by atoms with Crippen LogP contribution in [-0.4, -0.2) is 54.6 Å². The van der Waals surface area contributed by atoms with Gasteiger partial charge in [0.1, 0.15) is 0 Å². The SMILES string of the molecule is NC1C=CC(CN2CCCN3CCCC3C2)C1. The van der Waals surface area contributed by atoms with Crippen molar-refractivity contribution in [1.82, 2.24) is 9.80 Å². The zero-order chi connectivity index (χ0) is 11.7. The van der Waals surface area contributed by atoms with Crippen LogP contribution in [0.2, 0.25) is 0 Å². The highest BCUT2D eigenvalue weighted by atomic mass is 15.3. The molecule has 17 heavy (non-hydrogen) atoms. The van der Waals surface area contributed by atoms with Gasteiger partial charge in [0.25, 0.3) is 0 Å². The second-order valence-corrected chi connectivity index (χ2v) is 5.99. The van der Waals surface area contributed by atoms with E-state index >= 15 is 0 Å². The average molecular weight is 235 g/mol. The van der Waals surface area contributed by atoms with Gasteiger partial charge < -0.3 is 10.6 Å². The van der Waals surface area contributed by atoms with E-state index in [1.807, 2.05) is 0 Å². The largest absolute Gasteiger partial charge is 0.324 e. The fourth-order valence-electron chi connectivity index (χ4n) is 3.72. The Bertz CT molecular complexity index is 289. The van der Waals surface area contributed by atoms with Crippen molar-refractivity contribution in [1.29, 1.82) is 0 Å². The minimum Gasteiger partial charge on any atom is -0.324 e. The Labute approximate surface area is 105 Å². The van der Waals surface area contributed by atoms with Crippen molar-refractivity contribution in [3.63, 3.8) is 0 Å². The van der Waals surface area contributed by atoms with Crippen LogP contribution in [0.4, 0.5) is 0 Å². The fraction of sp³-hybridized carbons (Fsp3) is 0.857. The molecule has 2 N–H and O–H groups in total. The van der Waals surface area contributed by atoms with E-state index in [2.05, 4.69) is 22.0 Å². The normalized spacial score (nSPS) is 39.5. The maximum Gasteiger partial charge on any atom is 0.0229 e. The molecule has 0 bridgehead atoms. The zero-order valence-electron chi connectivity index (χ0n) is 10.7. The van der Waals surface area contributed by atoms with Gasteiger partial charge in [0.15, 0.2) is 0 Å². The summed E-state index contributed by atoms with van der Waals surface area (Å²) in [4.78, 5) is 5.39. The number of fused-ring (bicyclic) bond motifs is 1. The first kappa shape index (κ1) is 11.7. The maximum atomic E-state index is 5.93. The molecule has 3 rings (SSSR count). The van der Waals surface area contributed by atoms with Crippen molar-refractivity contribution in [2.45, 2.75) is 37.8 Å². The molecule has 0 aromatic heterocycles. The summed E-state index contributed by atoms with van der Waals surface area (Å²) in [6.45, 7) is 6.47. The second-order valence-electron chi connectivity index (χ2n) is 5.99. The predicted octanol–water partition coefficient (Wildman–Crippen LogP) is 1.06. The van der Waals surface area contributed by atoms with Crippen LogP contribution in [0.25, 0.3) is 0 Å². The molecule has 3 atom stereocenters. The van der Waals surface area contributed by atoms with Crippen LogP contribution in [0.5, 0.6) is 0 Å². The van der Waals surface area contributed by atoms with Crippen molar-refractivity contribution in [3.8, 4) is 0 Å². The number of hydrogen-bond donors (Lipinski definition) is 1. The van der Waals surface area contributed by atoms with E-state index < -0.39 is 0 Å². The third-order valence-corrected chi connectivity index (χ3v) is 4.59. The first-order valence-electron chi connectivity index (χ1n) is 7.21. The summed E-state index contributed by atoms with van der Waals surface area (Å²) in [5, 5.41) is 0. The first-order chi connectivity index (χ1) is 8.31. The molecular formula is C14H25N3. The van der Waals surface area contributed by atoms with Crippen molar-refractivity contribution < 1.29 is 0 Å². The van der Waals surface area contributed by atoms with Crippen LogP contribution in [0.3, 0.4) is 0 Å². The van der Waals surface area contributed by atoms with E-state index in [4.69, 9.17) is 5.73 Å². The van der Waals surface area contributed by atoms with Gasteiger partial charge in [-0.15, -0.1) is 0 Å². The molecule has 0 radical (unpaired) electrons.